The Morgan fingerprint density at radius 2 is 1.90 bits per heavy atom. The van der Waals surface area contributed by atoms with Gasteiger partial charge in [-0.2, -0.15) is 4.98 Å². The number of hydrogen-bond donors (Lipinski definition) is 3. The van der Waals surface area contributed by atoms with Crippen molar-refractivity contribution >= 4 is 40.8 Å². The molecule has 0 unspecified atom stereocenters. The molecule has 2 saturated heterocycles. The van der Waals surface area contributed by atoms with Crippen LogP contribution in [0.15, 0.2) is 30.0 Å². The first-order valence-electron chi connectivity index (χ1n) is 15.1. The number of ketones is 1. The number of piperazine rings is 1. The minimum Gasteiger partial charge on any atom is -0.489 e. The van der Waals surface area contributed by atoms with Crippen molar-refractivity contribution in [3.05, 3.63) is 35.5 Å². The monoisotopic (exact) mass is 559 g/mol. The number of ether oxygens (including phenoxy) is 1. The molecule has 218 valence electrons. The molecule has 6 rings (SSSR count). The molecule has 0 amide bonds. The number of Topliss-reactive ketones (excluding diaryl/α,β-unsaturated/α-hetero) is 1. The Hall–Kier alpha value is -3.50. The summed E-state index contributed by atoms with van der Waals surface area (Å²) in [7, 11) is 0. The molecule has 3 aliphatic heterocycles. The molecule has 0 bridgehead atoms. The average molecular weight is 560 g/mol. The summed E-state index contributed by atoms with van der Waals surface area (Å²) in [5.41, 5.74) is 3.38. The molecule has 2 aromatic rings. The van der Waals surface area contributed by atoms with Crippen LogP contribution in [0, 0.1) is 0 Å². The highest BCUT2D eigenvalue weighted by atomic mass is 16.5. The molecule has 4 heterocycles. The van der Waals surface area contributed by atoms with Crippen LogP contribution >= 0.6 is 0 Å². The third-order valence-corrected chi connectivity index (χ3v) is 9.09. The van der Waals surface area contributed by atoms with Gasteiger partial charge in [-0.1, -0.05) is 12.8 Å². The molecule has 1 saturated carbocycles. The number of nitrogens with zero attached hydrogens (tertiary/aromatic N) is 4. The summed E-state index contributed by atoms with van der Waals surface area (Å²) in [5, 5.41) is 10.4. The third kappa shape index (κ3) is 5.94. The molecular weight excluding hydrogens is 518 g/mol. The molecule has 3 fully saturated rings. The summed E-state index contributed by atoms with van der Waals surface area (Å²) >= 11 is 0. The number of carbonyl (C=O) groups excluding carboxylic acids is 2. The highest BCUT2D eigenvalue weighted by Crippen LogP contribution is 2.38. The molecule has 4 aliphatic rings. The van der Waals surface area contributed by atoms with Crippen molar-refractivity contribution in [1.29, 1.82) is 0 Å². The van der Waals surface area contributed by atoms with E-state index in [0.717, 1.165) is 62.7 Å². The van der Waals surface area contributed by atoms with E-state index in [1.165, 1.54) is 32.6 Å². The van der Waals surface area contributed by atoms with Crippen molar-refractivity contribution < 1.29 is 14.3 Å². The fourth-order valence-electron chi connectivity index (χ4n) is 6.77. The third-order valence-electron chi connectivity index (χ3n) is 9.09. The molecule has 1 aromatic carbocycles. The molecule has 1 aliphatic carbocycles. The number of piperidine rings is 1. The van der Waals surface area contributed by atoms with Gasteiger partial charge < -0.3 is 25.6 Å². The van der Waals surface area contributed by atoms with E-state index in [1.54, 1.807) is 13.1 Å². The molecule has 1 atom stereocenters. The number of nitrogens with one attached hydrogen (secondary N) is 3. The maximum atomic E-state index is 12.1. The maximum absolute atomic E-state index is 12.1. The van der Waals surface area contributed by atoms with Crippen molar-refractivity contribution in [3.8, 4) is 5.75 Å². The highest BCUT2D eigenvalue weighted by Gasteiger charge is 2.35. The number of aromatic nitrogens is 2. The Labute approximate surface area is 241 Å². The second-order valence-corrected chi connectivity index (χ2v) is 11.7. The Bertz CT molecular complexity index is 1320. The second kappa shape index (κ2) is 12.2. The van der Waals surface area contributed by atoms with E-state index >= 15 is 0 Å². The summed E-state index contributed by atoms with van der Waals surface area (Å²) in [4.78, 5) is 38.2. The first-order chi connectivity index (χ1) is 20.0. The van der Waals surface area contributed by atoms with E-state index in [1.807, 2.05) is 6.07 Å². The number of allylic oxidation sites excluding steroid dienone is 2. The van der Waals surface area contributed by atoms with Crippen LogP contribution in [0.3, 0.4) is 0 Å². The average Bonchev–Trinajstić information content (AvgIpc) is 3.50. The summed E-state index contributed by atoms with van der Waals surface area (Å²) in [5.74, 6) is 1.69. The van der Waals surface area contributed by atoms with Gasteiger partial charge in [-0.25, -0.2) is 4.98 Å². The standard InChI is InChI=1S/C31H41N7O3/c1-20(27(18-39)21(2)40)26-16-33-31(36-30(26)34-22-5-3-4-6-22)35-23-7-8-28-29(15-23)41-19-25-17-37(13-14-38(25)28)24-9-11-32-12-10-24/h7-8,15-16,18,22,24-25,32H,3-6,9-14,17,19H2,1-2H3,(H2,33,34,35,36)/b27-20+/t25-/m0/s1. The minimum atomic E-state index is -0.268. The van der Waals surface area contributed by atoms with Crippen LogP contribution < -0.4 is 25.6 Å². The zero-order valence-corrected chi connectivity index (χ0v) is 24.1. The van der Waals surface area contributed by atoms with Gasteiger partial charge in [-0.15, -0.1) is 0 Å². The van der Waals surface area contributed by atoms with Crippen molar-refractivity contribution in [2.24, 2.45) is 0 Å². The highest BCUT2D eigenvalue weighted by molar-refractivity contribution is 6.17. The second-order valence-electron chi connectivity index (χ2n) is 11.7. The summed E-state index contributed by atoms with van der Waals surface area (Å²) in [6, 6.07) is 7.56. The van der Waals surface area contributed by atoms with Gasteiger partial charge in [0, 0.05) is 55.2 Å². The Balaban J connectivity index is 1.20. The normalized spacial score (nSPS) is 22.3. The zero-order chi connectivity index (χ0) is 28.3. The van der Waals surface area contributed by atoms with Gasteiger partial charge in [0.05, 0.1) is 17.3 Å². The molecule has 10 heteroatoms. The smallest absolute Gasteiger partial charge is 0.229 e. The van der Waals surface area contributed by atoms with E-state index < -0.39 is 0 Å². The Kier molecular flexibility index (Phi) is 8.20. The number of anilines is 4. The van der Waals surface area contributed by atoms with Crippen molar-refractivity contribution in [1.82, 2.24) is 20.2 Å². The topological polar surface area (TPSA) is 112 Å². The van der Waals surface area contributed by atoms with Gasteiger partial charge >= 0.3 is 0 Å². The summed E-state index contributed by atoms with van der Waals surface area (Å²) in [6.07, 6.45) is 9.25. The van der Waals surface area contributed by atoms with Crippen LogP contribution in [0.2, 0.25) is 0 Å². The van der Waals surface area contributed by atoms with Crippen LogP contribution in [-0.2, 0) is 9.59 Å². The molecule has 10 nitrogen and oxygen atoms in total. The van der Waals surface area contributed by atoms with Crippen molar-refractivity contribution in [2.45, 2.75) is 70.5 Å². The van der Waals surface area contributed by atoms with Crippen LogP contribution in [0.4, 0.5) is 23.1 Å². The van der Waals surface area contributed by atoms with Crippen LogP contribution in [0.25, 0.3) is 5.57 Å². The number of rotatable bonds is 8. The predicted octanol–water partition coefficient (Wildman–Crippen LogP) is 3.77. The predicted molar refractivity (Wildman–Crippen MR) is 161 cm³/mol. The number of aldehydes is 1. The fraction of sp³-hybridized carbons (Fsp3) is 0.548. The van der Waals surface area contributed by atoms with Gasteiger partial charge in [0.2, 0.25) is 5.95 Å². The number of fused-ring (bicyclic) bond motifs is 3. The molecule has 0 spiro atoms. The van der Waals surface area contributed by atoms with Gasteiger partial charge in [-0.05, 0) is 70.3 Å². The lowest BCUT2D eigenvalue weighted by Crippen LogP contribution is -2.60. The van der Waals surface area contributed by atoms with E-state index in [0.29, 0.717) is 53.9 Å². The van der Waals surface area contributed by atoms with Crippen molar-refractivity contribution in [3.63, 3.8) is 0 Å². The molecule has 0 radical (unpaired) electrons. The number of hydrogen-bond acceptors (Lipinski definition) is 10. The van der Waals surface area contributed by atoms with E-state index in [9.17, 15) is 9.59 Å². The van der Waals surface area contributed by atoms with Crippen LogP contribution in [0.5, 0.6) is 5.75 Å². The van der Waals surface area contributed by atoms with Crippen LogP contribution in [-0.4, -0.2) is 84.4 Å². The van der Waals surface area contributed by atoms with E-state index in [2.05, 4.69) is 42.9 Å². The summed E-state index contributed by atoms with van der Waals surface area (Å²) < 4.78 is 6.29. The molecular formula is C31H41N7O3. The van der Waals surface area contributed by atoms with Gasteiger partial charge in [0.1, 0.15) is 18.2 Å². The van der Waals surface area contributed by atoms with E-state index in [4.69, 9.17) is 9.72 Å². The fourth-order valence-corrected chi connectivity index (χ4v) is 6.77. The SMILES string of the molecule is CC(=O)/C(C=O)=C(\C)c1cnc(Nc2ccc3c(c2)OC[C@@H]2CN(C4CCNCC4)CCN32)nc1NC1CCCC1. The maximum Gasteiger partial charge on any atom is 0.229 e. The van der Waals surface area contributed by atoms with Gasteiger partial charge in [-0.3, -0.25) is 14.5 Å². The number of carbonyl (C=O) groups is 2. The first kappa shape index (κ1) is 27.7. The van der Waals surface area contributed by atoms with Crippen LogP contribution in [0.1, 0.15) is 57.9 Å². The molecule has 1 aromatic heterocycles. The quantitative estimate of drug-likeness (QED) is 0.191. The lowest BCUT2D eigenvalue weighted by atomic mass is 10.0. The Morgan fingerprint density at radius 3 is 2.66 bits per heavy atom. The summed E-state index contributed by atoms with van der Waals surface area (Å²) in [6.45, 7) is 9.23. The lowest BCUT2D eigenvalue weighted by molar-refractivity contribution is -0.115. The molecule has 3 N–H and O–H groups in total. The zero-order valence-electron chi connectivity index (χ0n) is 24.1. The first-order valence-corrected chi connectivity index (χ1v) is 15.1. The number of benzene rings is 1. The van der Waals surface area contributed by atoms with Crippen molar-refractivity contribution in [2.75, 3.05) is 54.9 Å². The minimum absolute atomic E-state index is 0.144. The van der Waals surface area contributed by atoms with E-state index in [-0.39, 0.29) is 11.4 Å². The lowest BCUT2D eigenvalue weighted by Gasteiger charge is -2.48. The van der Waals surface area contributed by atoms with Gasteiger partial charge in [0.25, 0.3) is 0 Å². The molecule has 41 heavy (non-hydrogen) atoms. The Morgan fingerprint density at radius 1 is 1.10 bits per heavy atom. The van der Waals surface area contributed by atoms with Gasteiger partial charge in [0.15, 0.2) is 12.1 Å². The largest absolute Gasteiger partial charge is 0.489 e.